The summed E-state index contributed by atoms with van der Waals surface area (Å²) in [6.07, 6.45) is -2.27. The van der Waals surface area contributed by atoms with Gasteiger partial charge in [-0.1, -0.05) is 62.0 Å². The number of carbonyl (C=O) groups is 1. The van der Waals surface area contributed by atoms with Crippen LogP contribution >= 0.6 is 11.8 Å². The van der Waals surface area contributed by atoms with Gasteiger partial charge in [-0.2, -0.15) is 4.99 Å². The summed E-state index contributed by atoms with van der Waals surface area (Å²) < 4.78 is 42.8. The number of aliphatic imine (C=N–C) groups is 1. The highest BCUT2D eigenvalue weighted by Crippen LogP contribution is 2.36. The van der Waals surface area contributed by atoms with Crippen molar-refractivity contribution < 1.29 is 22.7 Å². The SMILES string of the molecule is C/C(NC(=O)/N=C1\SCCC(C)N1c1cccc(C)c1C(C)C)=C(/C)c1ccc(-c2ncn(-c3ccc(OC(F)(F)F)cc3)n2)cc1. The standard InChI is InChI=1S/C35H37F3N6O2S/c1-21(2)31-22(3)8-7-9-30(31)44-23(4)18-19-47-34(44)41-33(45)40-25(6)24(5)26-10-12-27(13-11-26)32-39-20-43(42-32)28-14-16-29(17-15-28)46-35(36,37)38/h7-17,20-21,23H,18-19H2,1-6H3,(H,40,45)/b25-24+,41-34-. The molecule has 1 aliphatic rings. The van der Waals surface area contributed by atoms with Crippen LogP contribution in [0.4, 0.5) is 23.7 Å². The Balaban J connectivity index is 1.29. The summed E-state index contributed by atoms with van der Waals surface area (Å²) >= 11 is 1.60. The van der Waals surface area contributed by atoms with Crippen LogP contribution in [0.15, 0.2) is 83.7 Å². The number of aromatic nitrogens is 3. The Hall–Kier alpha value is -4.58. The first kappa shape index (κ1) is 33.8. The van der Waals surface area contributed by atoms with Crippen LogP contribution in [0.25, 0.3) is 22.6 Å². The predicted molar refractivity (Wildman–Crippen MR) is 182 cm³/mol. The zero-order chi connectivity index (χ0) is 33.9. The molecule has 1 N–H and O–H groups in total. The third kappa shape index (κ3) is 8.05. The molecule has 2 heterocycles. The fraction of sp³-hybridized carbons (Fsp3) is 0.314. The highest BCUT2D eigenvalue weighted by atomic mass is 32.2. The fourth-order valence-electron chi connectivity index (χ4n) is 5.54. The van der Waals surface area contributed by atoms with Gasteiger partial charge in [0.25, 0.3) is 0 Å². The van der Waals surface area contributed by atoms with Crippen molar-refractivity contribution in [1.82, 2.24) is 20.1 Å². The van der Waals surface area contributed by atoms with E-state index in [9.17, 15) is 18.0 Å². The minimum Gasteiger partial charge on any atom is -0.406 e. The summed E-state index contributed by atoms with van der Waals surface area (Å²) in [5.74, 6) is 1.36. The minimum atomic E-state index is -4.76. The average molecular weight is 663 g/mol. The van der Waals surface area contributed by atoms with Gasteiger partial charge in [0.15, 0.2) is 11.0 Å². The summed E-state index contributed by atoms with van der Waals surface area (Å²) in [7, 11) is 0. The molecule has 0 radical (unpaired) electrons. The van der Waals surface area contributed by atoms with E-state index in [0.717, 1.165) is 34.6 Å². The molecule has 246 valence electrons. The maximum Gasteiger partial charge on any atom is 0.573 e. The molecular formula is C35H37F3N6O2S. The molecule has 1 aliphatic heterocycles. The van der Waals surface area contributed by atoms with Crippen LogP contribution in [0.3, 0.4) is 0 Å². The number of ether oxygens (including phenoxy) is 1. The quantitative estimate of drug-likeness (QED) is 0.213. The molecule has 47 heavy (non-hydrogen) atoms. The Morgan fingerprint density at radius 2 is 1.77 bits per heavy atom. The van der Waals surface area contributed by atoms with Crippen molar-refractivity contribution in [2.24, 2.45) is 4.99 Å². The first-order valence-corrected chi connectivity index (χ1v) is 16.3. The Bertz CT molecular complexity index is 1800. The molecule has 1 aromatic heterocycles. The van der Waals surface area contributed by atoms with Crippen molar-refractivity contribution in [3.63, 3.8) is 0 Å². The van der Waals surface area contributed by atoms with Crippen molar-refractivity contribution in [3.05, 3.63) is 95.4 Å². The molecule has 8 nitrogen and oxygen atoms in total. The van der Waals surface area contributed by atoms with E-state index in [1.54, 1.807) is 11.8 Å². The molecule has 4 aromatic rings. The number of benzene rings is 3. The van der Waals surface area contributed by atoms with Gasteiger partial charge in [0.05, 0.1) is 5.69 Å². The van der Waals surface area contributed by atoms with Crippen molar-refractivity contribution in [3.8, 4) is 22.8 Å². The lowest BCUT2D eigenvalue weighted by atomic mass is 9.95. The number of anilines is 1. The van der Waals surface area contributed by atoms with Gasteiger partial charge in [-0.15, -0.1) is 18.3 Å². The second-order valence-corrected chi connectivity index (χ2v) is 12.8. The summed E-state index contributed by atoms with van der Waals surface area (Å²) in [6.45, 7) is 12.5. The first-order valence-electron chi connectivity index (χ1n) is 15.3. The number of amidine groups is 1. The van der Waals surface area contributed by atoms with Crippen LogP contribution in [-0.4, -0.2) is 44.1 Å². The van der Waals surface area contributed by atoms with Gasteiger partial charge < -0.3 is 15.0 Å². The van der Waals surface area contributed by atoms with Crippen LogP contribution < -0.4 is 15.0 Å². The number of hydrogen-bond donors (Lipinski definition) is 1. The monoisotopic (exact) mass is 662 g/mol. The number of aryl methyl sites for hydroxylation is 1. The number of thioether (sulfide) groups is 1. The van der Waals surface area contributed by atoms with Gasteiger partial charge in [-0.3, -0.25) is 0 Å². The summed E-state index contributed by atoms with van der Waals surface area (Å²) in [5, 5.41) is 8.12. The molecule has 1 fully saturated rings. The van der Waals surface area contributed by atoms with Gasteiger partial charge in [0, 0.05) is 28.7 Å². The number of allylic oxidation sites excluding steroid dienone is 2. The number of amides is 2. The number of rotatable bonds is 7. The van der Waals surface area contributed by atoms with Gasteiger partial charge in [-0.05, 0) is 92.6 Å². The number of halogens is 3. The van der Waals surface area contributed by atoms with E-state index in [0.29, 0.717) is 28.3 Å². The normalized spacial score (nSPS) is 16.8. The minimum absolute atomic E-state index is 0.207. The molecule has 3 aromatic carbocycles. The van der Waals surface area contributed by atoms with Crippen molar-refractivity contribution >= 4 is 34.2 Å². The Kier molecular flexibility index (Phi) is 10.1. The Morgan fingerprint density at radius 1 is 1.06 bits per heavy atom. The topological polar surface area (TPSA) is 84.6 Å². The van der Waals surface area contributed by atoms with E-state index >= 15 is 0 Å². The summed E-state index contributed by atoms with van der Waals surface area (Å²) in [4.78, 5) is 24.3. The molecule has 1 saturated heterocycles. The number of hydrogen-bond acceptors (Lipinski definition) is 5. The van der Waals surface area contributed by atoms with E-state index in [1.165, 1.54) is 46.4 Å². The Morgan fingerprint density at radius 3 is 2.43 bits per heavy atom. The molecule has 1 unspecified atom stereocenters. The van der Waals surface area contributed by atoms with Crippen molar-refractivity contribution in [2.75, 3.05) is 10.7 Å². The van der Waals surface area contributed by atoms with Gasteiger partial charge in [0.1, 0.15) is 12.1 Å². The van der Waals surface area contributed by atoms with E-state index < -0.39 is 12.4 Å². The number of nitrogens with one attached hydrogen (secondary N) is 1. The third-order valence-electron chi connectivity index (χ3n) is 8.01. The maximum absolute atomic E-state index is 13.2. The zero-order valence-electron chi connectivity index (χ0n) is 27.1. The fourth-order valence-corrected chi connectivity index (χ4v) is 6.74. The molecule has 12 heteroatoms. The van der Waals surface area contributed by atoms with Crippen LogP contribution in [0.5, 0.6) is 5.75 Å². The second kappa shape index (κ2) is 14.0. The lowest BCUT2D eigenvalue weighted by Gasteiger charge is -2.37. The van der Waals surface area contributed by atoms with Gasteiger partial charge in [0.2, 0.25) is 0 Å². The number of nitrogens with zero attached hydrogens (tertiary/aromatic N) is 5. The smallest absolute Gasteiger partial charge is 0.406 e. The number of urea groups is 1. The van der Waals surface area contributed by atoms with Crippen LogP contribution in [-0.2, 0) is 0 Å². The van der Waals surface area contributed by atoms with Crippen LogP contribution in [0, 0.1) is 6.92 Å². The highest BCUT2D eigenvalue weighted by Gasteiger charge is 2.31. The molecule has 2 amide bonds. The van der Waals surface area contributed by atoms with Crippen molar-refractivity contribution in [2.45, 2.75) is 66.3 Å². The lowest BCUT2D eigenvalue weighted by Crippen LogP contribution is -2.42. The highest BCUT2D eigenvalue weighted by molar-refractivity contribution is 8.14. The van der Waals surface area contributed by atoms with Crippen molar-refractivity contribution in [1.29, 1.82) is 0 Å². The zero-order valence-corrected chi connectivity index (χ0v) is 27.9. The van der Waals surface area contributed by atoms with E-state index in [1.807, 2.05) is 38.1 Å². The van der Waals surface area contributed by atoms with Gasteiger partial charge >= 0.3 is 12.4 Å². The molecule has 0 aliphatic carbocycles. The van der Waals surface area contributed by atoms with Gasteiger partial charge in [-0.25, -0.2) is 14.5 Å². The van der Waals surface area contributed by atoms with E-state index in [-0.39, 0.29) is 11.8 Å². The first-order chi connectivity index (χ1) is 22.3. The number of carbonyl (C=O) groups excluding carboxylic acids is 1. The Labute approximate surface area is 276 Å². The molecule has 0 spiro atoms. The molecule has 0 bridgehead atoms. The second-order valence-electron chi connectivity index (χ2n) is 11.7. The van der Waals surface area contributed by atoms with Crippen LogP contribution in [0.2, 0.25) is 0 Å². The largest absolute Gasteiger partial charge is 0.573 e. The molecule has 5 rings (SSSR count). The summed E-state index contributed by atoms with van der Waals surface area (Å²) in [5.41, 5.74) is 7.35. The maximum atomic E-state index is 13.2. The summed E-state index contributed by atoms with van der Waals surface area (Å²) in [6, 6.07) is 19.0. The number of alkyl halides is 3. The molecule has 1 atom stereocenters. The molecule has 0 saturated carbocycles. The van der Waals surface area contributed by atoms with E-state index in [4.69, 9.17) is 0 Å². The average Bonchev–Trinajstić information content (AvgIpc) is 3.50. The van der Waals surface area contributed by atoms with E-state index in [2.05, 4.69) is 75.9 Å². The van der Waals surface area contributed by atoms with Crippen LogP contribution in [0.1, 0.15) is 63.6 Å². The third-order valence-corrected chi connectivity index (χ3v) is 8.99. The molecular weight excluding hydrogens is 625 g/mol. The predicted octanol–water partition coefficient (Wildman–Crippen LogP) is 9.11. The lowest BCUT2D eigenvalue weighted by molar-refractivity contribution is -0.274.